The summed E-state index contributed by atoms with van der Waals surface area (Å²) in [5.41, 5.74) is 3.13. The predicted octanol–water partition coefficient (Wildman–Crippen LogP) is 3.19. The van der Waals surface area contributed by atoms with Crippen LogP contribution in [0.3, 0.4) is 0 Å². The lowest BCUT2D eigenvalue weighted by molar-refractivity contribution is -0.115. The lowest BCUT2D eigenvalue weighted by Gasteiger charge is -2.31. The van der Waals surface area contributed by atoms with Crippen molar-refractivity contribution >= 4 is 28.4 Å². The van der Waals surface area contributed by atoms with Crippen molar-refractivity contribution in [3.63, 3.8) is 0 Å². The Hall–Kier alpha value is -3.12. The van der Waals surface area contributed by atoms with E-state index in [2.05, 4.69) is 10.3 Å². The molecule has 1 aliphatic rings. The van der Waals surface area contributed by atoms with Gasteiger partial charge in [-0.3, -0.25) is 9.59 Å². The summed E-state index contributed by atoms with van der Waals surface area (Å²) in [6.45, 7) is 1.49. The van der Waals surface area contributed by atoms with Crippen molar-refractivity contribution in [2.24, 2.45) is 5.92 Å². The first-order valence-corrected chi connectivity index (χ1v) is 9.99. The van der Waals surface area contributed by atoms with Crippen molar-refractivity contribution in [2.45, 2.75) is 19.3 Å². The summed E-state index contributed by atoms with van der Waals surface area (Å²) in [4.78, 5) is 30.3. The SMILES string of the molecule is O=C(Cc1c[nH]c2ccccc12)Nc1cccc(C(=O)N2CCC(CO)CC2)c1. The smallest absolute Gasteiger partial charge is 0.253 e. The molecule has 1 saturated heterocycles. The second-order valence-corrected chi connectivity index (χ2v) is 7.58. The van der Waals surface area contributed by atoms with Crippen LogP contribution in [-0.4, -0.2) is 46.5 Å². The third kappa shape index (κ3) is 4.32. The summed E-state index contributed by atoms with van der Waals surface area (Å²) in [6, 6.07) is 15.0. The van der Waals surface area contributed by atoms with Gasteiger partial charge in [0, 0.05) is 48.0 Å². The van der Waals surface area contributed by atoms with Crippen LogP contribution in [0, 0.1) is 5.92 Å². The van der Waals surface area contributed by atoms with Gasteiger partial charge in [0.15, 0.2) is 0 Å². The molecule has 0 atom stereocenters. The van der Waals surface area contributed by atoms with Gasteiger partial charge in [-0.2, -0.15) is 0 Å². The molecule has 2 aromatic carbocycles. The van der Waals surface area contributed by atoms with E-state index in [1.54, 1.807) is 24.3 Å². The Kier molecular flexibility index (Phi) is 5.62. The fourth-order valence-electron chi connectivity index (χ4n) is 3.89. The summed E-state index contributed by atoms with van der Waals surface area (Å²) in [7, 11) is 0. The number of rotatable bonds is 5. The summed E-state index contributed by atoms with van der Waals surface area (Å²) in [5, 5.41) is 13.2. The zero-order valence-electron chi connectivity index (χ0n) is 16.2. The average molecular weight is 391 g/mol. The van der Waals surface area contributed by atoms with Gasteiger partial charge < -0.3 is 20.3 Å². The predicted molar refractivity (Wildman–Crippen MR) is 113 cm³/mol. The zero-order valence-corrected chi connectivity index (χ0v) is 16.2. The molecule has 0 unspecified atom stereocenters. The molecular formula is C23H25N3O3. The van der Waals surface area contributed by atoms with E-state index in [0.717, 1.165) is 29.3 Å². The molecule has 2 heterocycles. The van der Waals surface area contributed by atoms with Crippen molar-refractivity contribution in [3.05, 3.63) is 65.9 Å². The molecular weight excluding hydrogens is 366 g/mol. The topological polar surface area (TPSA) is 85.4 Å². The Morgan fingerprint density at radius 1 is 1.10 bits per heavy atom. The Morgan fingerprint density at radius 2 is 1.90 bits per heavy atom. The molecule has 4 rings (SSSR count). The maximum atomic E-state index is 12.8. The molecule has 1 fully saturated rings. The highest BCUT2D eigenvalue weighted by Gasteiger charge is 2.23. The highest BCUT2D eigenvalue weighted by molar-refractivity contribution is 5.98. The number of nitrogens with one attached hydrogen (secondary N) is 2. The third-order valence-electron chi connectivity index (χ3n) is 5.58. The van der Waals surface area contributed by atoms with Gasteiger partial charge in [-0.05, 0) is 48.6 Å². The van der Waals surface area contributed by atoms with Gasteiger partial charge in [0.1, 0.15) is 0 Å². The van der Waals surface area contributed by atoms with Gasteiger partial charge in [0.25, 0.3) is 5.91 Å². The Balaban J connectivity index is 1.41. The molecule has 6 nitrogen and oxygen atoms in total. The van der Waals surface area contributed by atoms with Gasteiger partial charge in [-0.1, -0.05) is 24.3 Å². The Labute approximate surface area is 169 Å². The number of carbonyl (C=O) groups is 2. The normalized spacial score (nSPS) is 14.9. The van der Waals surface area contributed by atoms with E-state index in [4.69, 9.17) is 0 Å². The minimum absolute atomic E-state index is 0.0332. The molecule has 0 saturated carbocycles. The van der Waals surface area contributed by atoms with E-state index in [-0.39, 0.29) is 30.8 Å². The second-order valence-electron chi connectivity index (χ2n) is 7.58. The number of piperidine rings is 1. The minimum atomic E-state index is -0.122. The maximum absolute atomic E-state index is 12.8. The highest BCUT2D eigenvalue weighted by atomic mass is 16.3. The quantitative estimate of drug-likeness (QED) is 0.624. The molecule has 1 aliphatic heterocycles. The molecule has 3 N–H and O–H groups in total. The van der Waals surface area contributed by atoms with Crippen LogP contribution in [0.5, 0.6) is 0 Å². The van der Waals surface area contributed by atoms with Crippen molar-refractivity contribution < 1.29 is 14.7 Å². The lowest BCUT2D eigenvalue weighted by atomic mass is 9.97. The van der Waals surface area contributed by atoms with E-state index in [9.17, 15) is 14.7 Å². The summed E-state index contributed by atoms with van der Waals surface area (Å²) in [6.07, 6.45) is 3.77. The van der Waals surface area contributed by atoms with Crippen LogP contribution in [0.15, 0.2) is 54.7 Å². The van der Waals surface area contributed by atoms with Crippen molar-refractivity contribution in [2.75, 3.05) is 25.0 Å². The van der Waals surface area contributed by atoms with Gasteiger partial charge in [0.2, 0.25) is 5.91 Å². The van der Waals surface area contributed by atoms with Crippen molar-refractivity contribution in [1.82, 2.24) is 9.88 Å². The number of amides is 2. The second kappa shape index (κ2) is 8.49. The molecule has 1 aromatic heterocycles. The van der Waals surface area contributed by atoms with Crippen LogP contribution >= 0.6 is 0 Å². The molecule has 150 valence electrons. The number of carbonyl (C=O) groups excluding carboxylic acids is 2. The van der Waals surface area contributed by atoms with Crippen LogP contribution in [-0.2, 0) is 11.2 Å². The number of hydrogen-bond donors (Lipinski definition) is 3. The fraction of sp³-hybridized carbons (Fsp3) is 0.304. The number of aliphatic hydroxyl groups excluding tert-OH is 1. The number of H-pyrrole nitrogens is 1. The number of nitrogens with zero attached hydrogens (tertiary/aromatic N) is 1. The van der Waals surface area contributed by atoms with E-state index in [1.165, 1.54) is 0 Å². The molecule has 2 amide bonds. The largest absolute Gasteiger partial charge is 0.396 e. The Bertz CT molecular complexity index is 1020. The van der Waals surface area contributed by atoms with Crippen LogP contribution in [0.2, 0.25) is 0 Å². The number of hydrogen-bond acceptors (Lipinski definition) is 3. The van der Waals surface area contributed by atoms with Gasteiger partial charge in [-0.25, -0.2) is 0 Å². The standard InChI is InChI=1S/C23H25N3O3/c27-15-16-8-10-26(11-9-16)23(29)17-4-3-5-19(12-17)25-22(28)13-18-14-24-21-7-2-1-6-20(18)21/h1-7,12,14,16,24,27H,8-11,13,15H2,(H,25,28). The monoisotopic (exact) mass is 391 g/mol. The third-order valence-corrected chi connectivity index (χ3v) is 5.58. The lowest BCUT2D eigenvalue weighted by Crippen LogP contribution is -2.39. The maximum Gasteiger partial charge on any atom is 0.253 e. The first-order valence-electron chi connectivity index (χ1n) is 9.99. The van der Waals surface area contributed by atoms with Gasteiger partial charge in [-0.15, -0.1) is 0 Å². The molecule has 0 bridgehead atoms. The molecule has 29 heavy (non-hydrogen) atoms. The van der Waals surface area contributed by atoms with Crippen LogP contribution < -0.4 is 5.32 Å². The number of aromatic amines is 1. The fourth-order valence-corrected chi connectivity index (χ4v) is 3.89. The zero-order chi connectivity index (χ0) is 20.2. The van der Waals surface area contributed by atoms with Crippen LogP contribution in [0.25, 0.3) is 10.9 Å². The minimum Gasteiger partial charge on any atom is -0.396 e. The summed E-state index contributed by atoms with van der Waals surface area (Å²) >= 11 is 0. The van der Waals surface area contributed by atoms with Crippen molar-refractivity contribution in [1.29, 1.82) is 0 Å². The van der Waals surface area contributed by atoms with E-state index >= 15 is 0 Å². The van der Waals surface area contributed by atoms with E-state index in [0.29, 0.717) is 24.3 Å². The Morgan fingerprint density at radius 3 is 2.69 bits per heavy atom. The number of anilines is 1. The number of likely N-dealkylation sites (tertiary alicyclic amines) is 1. The number of aliphatic hydroxyl groups is 1. The summed E-state index contributed by atoms with van der Waals surface area (Å²) in [5.74, 6) is 0.131. The van der Waals surface area contributed by atoms with Crippen LogP contribution in [0.4, 0.5) is 5.69 Å². The van der Waals surface area contributed by atoms with Crippen molar-refractivity contribution in [3.8, 4) is 0 Å². The van der Waals surface area contributed by atoms with Gasteiger partial charge in [0.05, 0.1) is 6.42 Å². The van der Waals surface area contributed by atoms with E-state index < -0.39 is 0 Å². The molecule has 0 aliphatic carbocycles. The first-order chi connectivity index (χ1) is 14.1. The molecule has 0 radical (unpaired) electrons. The molecule has 0 spiro atoms. The number of benzene rings is 2. The number of aromatic nitrogens is 1. The summed E-state index contributed by atoms with van der Waals surface area (Å²) < 4.78 is 0. The number of fused-ring (bicyclic) bond motifs is 1. The first kappa shape index (κ1) is 19.2. The average Bonchev–Trinajstić information content (AvgIpc) is 3.16. The number of para-hydroxylation sites is 1. The highest BCUT2D eigenvalue weighted by Crippen LogP contribution is 2.21. The van der Waals surface area contributed by atoms with Crippen LogP contribution in [0.1, 0.15) is 28.8 Å². The molecule has 6 heteroatoms. The van der Waals surface area contributed by atoms with E-state index in [1.807, 2.05) is 35.4 Å². The molecule has 3 aromatic rings. The van der Waals surface area contributed by atoms with Gasteiger partial charge >= 0.3 is 0 Å².